The fourth-order valence-corrected chi connectivity index (χ4v) is 8.32. The number of para-hydroxylation sites is 1. The molecule has 0 spiro atoms. The number of hydrogen-bond acceptors (Lipinski definition) is 7. The number of benzene rings is 3. The van der Waals surface area contributed by atoms with Crippen molar-refractivity contribution in [2.45, 2.75) is 22.1 Å². The van der Waals surface area contributed by atoms with Gasteiger partial charge in [-0.2, -0.15) is 0 Å². The molecule has 3 heterocycles. The zero-order chi connectivity index (χ0) is 25.2. The number of hydrogen-bond donors (Lipinski definition) is 2. The maximum absolute atomic E-state index is 12.4. The molecule has 0 saturated heterocycles. The van der Waals surface area contributed by atoms with Gasteiger partial charge in [0.15, 0.2) is 5.16 Å². The van der Waals surface area contributed by atoms with Crippen molar-refractivity contribution in [1.29, 1.82) is 0 Å². The van der Waals surface area contributed by atoms with E-state index in [9.17, 15) is 4.79 Å². The molecular formula is C29H24N4OS3. The maximum Gasteiger partial charge on any atom is 0.234 e. The highest BCUT2D eigenvalue weighted by molar-refractivity contribution is 8.00. The second-order valence-corrected chi connectivity index (χ2v) is 12.0. The number of nitrogens with two attached hydrogens (primary N) is 1. The summed E-state index contributed by atoms with van der Waals surface area (Å²) < 4.78 is 0. The molecule has 184 valence electrons. The number of nitrogens with zero attached hydrogens (tertiary/aromatic N) is 2. The molecule has 0 bridgehead atoms. The number of anilines is 2. The van der Waals surface area contributed by atoms with Gasteiger partial charge in [-0.1, -0.05) is 90.6 Å². The summed E-state index contributed by atoms with van der Waals surface area (Å²) >= 11 is 4.99. The number of thioether (sulfide) groups is 2. The average Bonchev–Trinajstić information content (AvgIpc) is 3.32. The van der Waals surface area contributed by atoms with Crippen LogP contribution < -0.4 is 11.1 Å². The molecule has 3 aromatic carbocycles. The topological polar surface area (TPSA) is 80.9 Å². The zero-order valence-corrected chi connectivity index (χ0v) is 22.3. The van der Waals surface area contributed by atoms with Crippen LogP contribution in [-0.4, -0.2) is 21.6 Å². The Bertz CT molecular complexity index is 1540. The Morgan fingerprint density at radius 1 is 0.919 bits per heavy atom. The van der Waals surface area contributed by atoms with Gasteiger partial charge >= 0.3 is 0 Å². The lowest BCUT2D eigenvalue weighted by Crippen LogP contribution is -2.14. The van der Waals surface area contributed by atoms with E-state index in [0.29, 0.717) is 16.2 Å². The highest BCUT2D eigenvalue weighted by Crippen LogP contribution is 2.55. The average molecular weight is 541 g/mol. The SMILES string of the molecule is Nc1nc(SCC(=O)Nc2ccccc2)nc2sc3c(c12)C[C@@H](c1ccccc1)S[C@H]3c1ccccc1. The summed E-state index contributed by atoms with van der Waals surface area (Å²) in [4.78, 5) is 24.1. The standard InChI is InChI=1S/C29H24N4OS3/c30-27-24-21-16-22(18-10-4-1-5-11-18)36-25(19-12-6-2-7-13-19)26(21)37-28(24)33-29(32-27)35-17-23(34)31-20-14-8-3-9-15-20/h1-15,22,25H,16-17H2,(H,31,34)(H2,30,32,33)/t22-,25-/m0/s1. The Morgan fingerprint density at radius 2 is 1.57 bits per heavy atom. The van der Waals surface area contributed by atoms with E-state index >= 15 is 0 Å². The molecule has 1 amide bonds. The van der Waals surface area contributed by atoms with Crippen LogP contribution in [-0.2, 0) is 11.2 Å². The summed E-state index contributed by atoms with van der Waals surface area (Å²) in [5.74, 6) is 0.595. The molecule has 0 unspecified atom stereocenters. The van der Waals surface area contributed by atoms with E-state index in [2.05, 4.69) is 71.0 Å². The van der Waals surface area contributed by atoms with Crippen molar-refractivity contribution in [2.24, 2.45) is 0 Å². The molecule has 1 aliphatic heterocycles. The Labute approximate surface area is 227 Å². The first-order chi connectivity index (χ1) is 18.2. The van der Waals surface area contributed by atoms with Gasteiger partial charge in [-0.25, -0.2) is 9.97 Å². The van der Waals surface area contributed by atoms with Gasteiger partial charge in [0.25, 0.3) is 0 Å². The van der Waals surface area contributed by atoms with Crippen LogP contribution in [0.25, 0.3) is 10.2 Å². The quantitative estimate of drug-likeness (QED) is 0.176. The highest BCUT2D eigenvalue weighted by Gasteiger charge is 2.34. The van der Waals surface area contributed by atoms with Crippen molar-refractivity contribution < 1.29 is 4.79 Å². The van der Waals surface area contributed by atoms with E-state index in [1.165, 1.54) is 33.3 Å². The molecule has 5 aromatic rings. The van der Waals surface area contributed by atoms with Crippen molar-refractivity contribution in [2.75, 3.05) is 16.8 Å². The molecule has 3 N–H and O–H groups in total. The van der Waals surface area contributed by atoms with E-state index < -0.39 is 0 Å². The number of aromatic nitrogens is 2. The van der Waals surface area contributed by atoms with Crippen molar-refractivity contribution in [3.05, 3.63) is 113 Å². The van der Waals surface area contributed by atoms with Crippen LogP contribution in [0.1, 0.15) is 32.1 Å². The second-order valence-electron chi connectivity index (χ2n) is 8.75. The summed E-state index contributed by atoms with van der Waals surface area (Å²) in [6.45, 7) is 0. The number of rotatable bonds is 6. The summed E-state index contributed by atoms with van der Waals surface area (Å²) in [5.41, 5.74) is 11.2. The third kappa shape index (κ3) is 5.09. The molecule has 2 aromatic heterocycles. The first-order valence-electron chi connectivity index (χ1n) is 12.0. The van der Waals surface area contributed by atoms with Crippen LogP contribution in [0.15, 0.2) is 96.2 Å². The molecule has 37 heavy (non-hydrogen) atoms. The Kier molecular flexibility index (Phi) is 6.87. The van der Waals surface area contributed by atoms with Crippen molar-refractivity contribution in [1.82, 2.24) is 9.97 Å². The van der Waals surface area contributed by atoms with Gasteiger partial charge in [-0.05, 0) is 35.2 Å². The van der Waals surface area contributed by atoms with Crippen LogP contribution in [0.4, 0.5) is 11.5 Å². The zero-order valence-electron chi connectivity index (χ0n) is 19.8. The third-order valence-corrected chi connectivity index (χ3v) is 10.0. The molecule has 1 aliphatic rings. The molecule has 0 aliphatic carbocycles. The Balaban J connectivity index is 1.32. The van der Waals surface area contributed by atoms with E-state index in [0.717, 1.165) is 22.3 Å². The van der Waals surface area contributed by atoms with Gasteiger partial charge in [-0.15, -0.1) is 23.1 Å². The number of thiophene rings is 1. The normalized spacial score (nSPS) is 16.9. The molecule has 8 heteroatoms. The molecule has 2 atom stereocenters. The van der Waals surface area contributed by atoms with Gasteiger partial charge in [0.1, 0.15) is 10.6 Å². The minimum atomic E-state index is -0.102. The minimum Gasteiger partial charge on any atom is -0.383 e. The van der Waals surface area contributed by atoms with Crippen LogP contribution in [0, 0.1) is 0 Å². The lowest BCUT2D eigenvalue weighted by Gasteiger charge is -2.30. The molecule has 6 rings (SSSR count). The Morgan fingerprint density at radius 3 is 2.27 bits per heavy atom. The summed E-state index contributed by atoms with van der Waals surface area (Å²) in [6, 6.07) is 30.7. The fraction of sp³-hybridized carbons (Fsp3) is 0.138. The Hall–Kier alpha value is -3.33. The van der Waals surface area contributed by atoms with Crippen LogP contribution in [0.2, 0.25) is 0 Å². The largest absolute Gasteiger partial charge is 0.383 e. The lowest BCUT2D eigenvalue weighted by atomic mass is 9.98. The third-order valence-electron chi connectivity index (χ3n) is 6.28. The van der Waals surface area contributed by atoms with Crippen molar-refractivity contribution in [3.8, 4) is 0 Å². The number of carbonyl (C=O) groups is 1. The first-order valence-corrected chi connectivity index (χ1v) is 14.7. The molecule has 5 nitrogen and oxygen atoms in total. The van der Waals surface area contributed by atoms with Crippen molar-refractivity contribution in [3.63, 3.8) is 0 Å². The fourth-order valence-electron chi connectivity index (χ4n) is 4.59. The van der Waals surface area contributed by atoms with Crippen molar-refractivity contribution >= 4 is 62.5 Å². The predicted molar refractivity (Wildman–Crippen MR) is 156 cm³/mol. The monoisotopic (exact) mass is 540 g/mol. The van der Waals surface area contributed by atoms with Crippen LogP contribution in [0.5, 0.6) is 0 Å². The van der Waals surface area contributed by atoms with Crippen LogP contribution >= 0.6 is 34.9 Å². The lowest BCUT2D eigenvalue weighted by molar-refractivity contribution is -0.113. The van der Waals surface area contributed by atoms with Gasteiger partial charge < -0.3 is 11.1 Å². The predicted octanol–water partition coefficient (Wildman–Crippen LogP) is 7.12. The maximum atomic E-state index is 12.4. The number of carbonyl (C=O) groups excluding carboxylic acids is 1. The summed E-state index contributed by atoms with van der Waals surface area (Å²) in [7, 11) is 0. The van der Waals surface area contributed by atoms with Gasteiger partial charge in [0, 0.05) is 15.8 Å². The van der Waals surface area contributed by atoms with E-state index in [-0.39, 0.29) is 16.9 Å². The summed E-state index contributed by atoms with van der Waals surface area (Å²) in [5, 5.41) is 4.89. The van der Waals surface area contributed by atoms with E-state index in [4.69, 9.17) is 10.7 Å². The van der Waals surface area contributed by atoms with Gasteiger partial charge in [0.2, 0.25) is 5.91 Å². The molecule has 0 radical (unpaired) electrons. The molecule has 0 fully saturated rings. The highest BCUT2D eigenvalue weighted by atomic mass is 32.2. The molecular weight excluding hydrogens is 517 g/mol. The van der Waals surface area contributed by atoms with E-state index in [1.807, 2.05) is 42.1 Å². The minimum absolute atomic E-state index is 0.102. The van der Waals surface area contributed by atoms with E-state index in [1.54, 1.807) is 11.3 Å². The number of nitrogen functional groups attached to an aromatic ring is 1. The number of amides is 1. The first kappa shape index (κ1) is 24.0. The molecule has 0 saturated carbocycles. The van der Waals surface area contributed by atoms with Gasteiger partial charge in [0.05, 0.1) is 16.4 Å². The van der Waals surface area contributed by atoms with Gasteiger partial charge in [-0.3, -0.25) is 4.79 Å². The number of nitrogens with one attached hydrogen (secondary N) is 1. The van der Waals surface area contributed by atoms with Crippen LogP contribution in [0.3, 0.4) is 0 Å². The second kappa shape index (κ2) is 10.6. The smallest absolute Gasteiger partial charge is 0.234 e. The number of fused-ring (bicyclic) bond motifs is 3. The summed E-state index contributed by atoms with van der Waals surface area (Å²) in [6.07, 6.45) is 0.882.